The lowest BCUT2D eigenvalue weighted by atomic mass is 9.88. The van der Waals surface area contributed by atoms with Crippen molar-refractivity contribution in [3.05, 3.63) is 108 Å². The lowest BCUT2D eigenvalue weighted by Gasteiger charge is -2.22. The van der Waals surface area contributed by atoms with Gasteiger partial charge in [-0.2, -0.15) is 9.78 Å². The molecule has 1 aromatic heterocycles. The van der Waals surface area contributed by atoms with Crippen LogP contribution in [0.5, 0.6) is 5.75 Å². The smallest absolute Gasteiger partial charge is 0.311 e. The zero-order chi connectivity index (χ0) is 26.6. The van der Waals surface area contributed by atoms with Gasteiger partial charge in [0.25, 0.3) is 5.56 Å². The van der Waals surface area contributed by atoms with Crippen LogP contribution in [-0.4, -0.2) is 20.8 Å². The van der Waals surface area contributed by atoms with Crippen molar-refractivity contribution >= 4 is 46.0 Å². The van der Waals surface area contributed by atoms with E-state index in [2.05, 4.69) is 5.10 Å². The number of ether oxygens (including phenoxy) is 1. The molecule has 5 rings (SSSR count). The van der Waals surface area contributed by atoms with E-state index < -0.39 is 4.92 Å². The SMILES string of the molecule is O=c1c2ccccc2nc(C2CCCCC2)n1N=Cc1cccc([N+](=O)[O-])c1OCc1ccc(Cl)cc1Cl. The number of benzene rings is 3. The van der Waals surface area contributed by atoms with E-state index in [4.69, 9.17) is 32.9 Å². The van der Waals surface area contributed by atoms with E-state index >= 15 is 0 Å². The van der Waals surface area contributed by atoms with Crippen molar-refractivity contribution in [2.45, 2.75) is 44.6 Å². The molecule has 1 fully saturated rings. The van der Waals surface area contributed by atoms with E-state index in [9.17, 15) is 14.9 Å². The lowest BCUT2D eigenvalue weighted by molar-refractivity contribution is -0.385. The highest BCUT2D eigenvalue weighted by Crippen LogP contribution is 2.33. The molecule has 4 aromatic rings. The maximum atomic E-state index is 13.5. The highest BCUT2D eigenvalue weighted by Gasteiger charge is 2.23. The van der Waals surface area contributed by atoms with Crippen LogP contribution in [-0.2, 0) is 6.61 Å². The minimum absolute atomic E-state index is 0.0213. The molecule has 38 heavy (non-hydrogen) atoms. The number of nitrogens with zero attached hydrogens (tertiary/aromatic N) is 4. The first-order valence-electron chi connectivity index (χ1n) is 12.3. The normalized spacial score (nSPS) is 14.3. The van der Waals surface area contributed by atoms with Gasteiger partial charge in [0.15, 0.2) is 0 Å². The van der Waals surface area contributed by atoms with Gasteiger partial charge >= 0.3 is 5.69 Å². The first kappa shape index (κ1) is 25.9. The van der Waals surface area contributed by atoms with Crippen molar-refractivity contribution in [2.24, 2.45) is 5.10 Å². The molecular weight excluding hydrogens is 527 g/mol. The molecule has 8 nitrogen and oxygen atoms in total. The largest absolute Gasteiger partial charge is 0.481 e. The highest BCUT2D eigenvalue weighted by molar-refractivity contribution is 6.35. The number of aromatic nitrogens is 2. The van der Waals surface area contributed by atoms with E-state index in [1.165, 1.54) is 17.0 Å². The lowest BCUT2D eigenvalue weighted by Crippen LogP contribution is -2.25. The summed E-state index contributed by atoms with van der Waals surface area (Å²) in [6.07, 6.45) is 6.54. The fraction of sp³-hybridized carbons (Fsp3) is 0.250. The monoisotopic (exact) mass is 550 g/mol. The van der Waals surface area contributed by atoms with Gasteiger partial charge < -0.3 is 4.74 Å². The summed E-state index contributed by atoms with van der Waals surface area (Å²) in [5.41, 5.74) is 1.08. The van der Waals surface area contributed by atoms with E-state index in [0.29, 0.717) is 37.9 Å². The molecule has 0 atom stereocenters. The number of para-hydroxylation sites is 2. The summed E-state index contributed by atoms with van der Waals surface area (Å²) >= 11 is 12.2. The summed E-state index contributed by atoms with van der Waals surface area (Å²) in [4.78, 5) is 29.6. The van der Waals surface area contributed by atoms with Gasteiger partial charge in [0, 0.05) is 33.2 Å². The van der Waals surface area contributed by atoms with Crippen molar-refractivity contribution in [1.29, 1.82) is 0 Å². The van der Waals surface area contributed by atoms with Crippen LogP contribution in [0, 0.1) is 10.1 Å². The van der Waals surface area contributed by atoms with Gasteiger partial charge in [-0.05, 0) is 43.2 Å². The van der Waals surface area contributed by atoms with Crippen LogP contribution in [0.4, 0.5) is 5.69 Å². The molecule has 0 N–H and O–H groups in total. The Morgan fingerprint density at radius 1 is 1.08 bits per heavy atom. The number of hydrogen-bond donors (Lipinski definition) is 0. The molecule has 1 aliphatic rings. The predicted molar refractivity (Wildman–Crippen MR) is 149 cm³/mol. The first-order valence-corrected chi connectivity index (χ1v) is 13.1. The Morgan fingerprint density at radius 2 is 1.87 bits per heavy atom. The Bertz CT molecular complexity index is 1600. The molecule has 0 radical (unpaired) electrons. The summed E-state index contributed by atoms with van der Waals surface area (Å²) in [5, 5.41) is 17.6. The van der Waals surface area contributed by atoms with Gasteiger partial charge in [0.05, 0.1) is 22.0 Å². The summed E-state index contributed by atoms with van der Waals surface area (Å²) in [5.74, 6) is 0.727. The van der Waals surface area contributed by atoms with Crippen molar-refractivity contribution in [3.63, 3.8) is 0 Å². The number of nitro benzene ring substituents is 1. The predicted octanol–water partition coefficient (Wildman–Crippen LogP) is 7.12. The van der Waals surface area contributed by atoms with Gasteiger partial charge in [-0.1, -0.05) is 66.7 Å². The van der Waals surface area contributed by atoms with Crippen LogP contribution in [0.15, 0.2) is 70.6 Å². The first-order chi connectivity index (χ1) is 18.4. The Hall–Kier alpha value is -3.75. The molecular formula is C28H24Cl2N4O4. The van der Waals surface area contributed by atoms with Gasteiger partial charge in [0.2, 0.25) is 5.75 Å². The minimum Gasteiger partial charge on any atom is -0.481 e. The number of fused-ring (bicyclic) bond motifs is 1. The standard InChI is InChI=1S/C28H24Cl2N4O4/c29-21-14-13-20(23(30)15-21)17-38-26-19(9-6-12-25(26)34(36)37)16-31-33-27(18-7-2-1-3-8-18)32-24-11-5-4-10-22(24)28(33)35/h4-6,9-16,18H,1-3,7-8,17H2. The van der Waals surface area contributed by atoms with Crippen LogP contribution >= 0.6 is 23.2 Å². The van der Waals surface area contributed by atoms with Gasteiger partial charge in [-0.25, -0.2) is 4.98 Å². The Labute approximate surface area is 228 Å². The molecule has 0 saturated heterocycles. The third-order valence-corrected chi connectivity index (χ3v) is 7.26. The molecule has 0 spiro atoms. The molecule has 1 aliphatic carbocycles. The minimum atomic E-state index is -0.520. The number of hydrogen-bond acceptors (Lipinski definition) is 6. The zero-order valence-corrected chi connectivity index (χ0v) is 21.9. The van der Waals surface area contributed by atoms with Crippen molar-refractivity contribution in [3.8, 4) is 5.75 Å². The average molecular weight is 551 g/mol. The molecule has 0 aliphatic heterocycles. The average Bonchev–Trinajstić information content (AvgIpc) is 2.92. The fourth-order valence-electron chi connectivity index (χ4n) is 4.73. The summed E-state index contributed by atoms with van der Waals surface area (Å²) in [6.45, 7) is -0.0213. The van der Waals surface area contributed by atoms with Crippen LogP contribution in [0.2, 0.25) is 10.0 Å². The summed E-state index contributed by atoms with van der Waals surface area (Å²) in [6, 6.07) is 16.7. The molecule has 1 heterocycles. The Balaban J connectivity index is 1.57. The second-order valence-electron chi connectivity index (χ2n) is 9.16. The quantitative estimate of drug-likeness (QED) is 0.138. The third kappa shape index (κ3) is 5.42. The van der Waals surface area contributed by atoms with Crippen LogP contribution < -0.4 is 10.3 Å². The van der Waals surface area contributed by atoms with Crippen LogP contribution in [0.25, 0.3) is 10.9 Å². The Morgan fingerprint density at radius 3 is 2.63 bits per heavy atom. The second-order valence-corrected chi connectivity index (χ2v) is 10.0. The molecule has 0 amide bonds. The molecule has 1 saturated carbocycles. The molecule has 0 bridgehead atoms. The maximum absolute atomic E-state index is 13.5. The molecule has 3 aromatic carbocycles. The van der Waals surface area contributed by atoms with Crippen molar-refractivity contribution in [1.82, 2.24) is 9.66 Å². The highest BCUT2D eigenvalue weighted by atomic mass is 35.5. The molecule has 0 unspecified atom stereocenters. The number of nitro groups is 1. The summed E-state index contributed by atoms with van der Waals surface area (Å²) in [7, 11) is 0. The van der Waals surface area contributed by atoms with Crippen molar-refractivity contribution in [2.75, 3.05) is 0 Å². The maximum Gasteiger partial charge on any atom is 0.311 e. The van der Waals surface area contributed by atoms with Crippen LogP contribution in [0.1, 0.15) is 55.0 Å². The van der Waals surface area contributed by atoms with Crippen LogP contribution in [0.3, 0.4) is 0 Å². The molecule has 10 heteroatoms. The zero-order valence-electron chi connectivity index (χ0n) is 20.3. The topological polar surface area (TPSA) is 99.6 Å². The third-order valence-electron chi connectivity index (χ3n) is 6.67. The fourth-order valence-corrected chi connectivity index (χ4v) is 5.19. The molecule has 194 valence electrons. The Kier molecular flexibility index (Phi) is 7.72. The van der Waals surface area contributed by atoms with E-state index in [1.54, 1.807) is 42.5 Å². The van der Waals surface area contributed by atoms with Gasteiger partial charge in [-0.15, -0.1) is 0 Å². The van der Waals surface area contributed by atoms with E-state index in [0.717, 1.165) is 32.1 Å². The number of halogens is 2. The van der Waals surface area contributed by atoms with E-state index in [1.807, 2.05) is 12.1 Å². The van der Waals surface area contributed by atoms with E-state index in [-0.39, 0.29) is 29.5 Å². The van der Waals surface area contributed by atoms with Crippen molar-refractivity contribution < 1.29 is 9.66 Å². The second kappa shape index (κ2) is 11.3. The van der Waals surface area contributed by atoms with Gasteiger partial charge in [0.1, 0.15) is 12.4 Å². The number of rotatable bonds is 7. The van der Waals surface area contributed by atoms with Gasteiger partial charge in [-0.3, -0.25) is 14.9 Å². The summed E-state index contributed by atoms with van der Waals surface area (Å²) < 4.78 is 7.24.